The number of nitrogens with zero attached hydrogens (tertiary/aromatic N) is 2. The lowest BCUT2D eigenvalue weighted by Crippen LogP contribution is -2.27. The highest BCUT2D eigenvalue weighted by molar-refractivity contribution is 7.16. The Morgan fingerprint density at radius 2 is 2.04 bits per heavy atom. The quantitative estimate of drug-likeness (QED) is 0.434. The van der Waals surface area contributed by atoms with Gasteiger partial charge in [0, 0.05) is 24.6 Å². The van der Waals surface area contributed by atoms with Gasteiger partial charge in [-0.1, -0.05) is 23.5 Å². The van der Waals surface area contributed by atoms with Gasteiger partial charge in [-0.25, -0.2) is 10.2 Å². The molecule has 7 nitrogen and oxygen atoms in total. The smallest absolute Gasteiger partial charge is 0.336 e. The van der Waals surface area contributed by atoms with Gasteiger partial charge in [-0.2, -0.15) is 0 Å². The third-order valence-electron chi connectivity index (χ3n) is 3.96. The third kappa shape index (κ3) is 3.61. The average Bonchev–Trinajstić information content (AvgIpc) is 3.00. The Morgan fingerprint density at radius 3 is 2.89 bits per heavy atom. The molecule has 1 N–H and O–H groups in total. The molecule has 0 aliphatic rings. The molecule has 2 aromatic heterocycles. The van der Waals surface area contributed by atoms with Crippen LogP contribution in [-0.2, 0) is 11.8 Å². The van der Waals surface area contributed by atoms with Gasteiger partial charge in [-0.15, -0.1) is 5.10 Å². The molecule has 27 heavy (non-hydrogen) atoms. The molecule has 4 rings (SSSR count). The van der Waals surface area contributed by atoms with Crippen molar-refractivity contribution in [1.29, 1.82) is 0 Å². The van der Waals surface area contributed by atoms with Gasteiger partial charge in [-0.05, 0) is 30.3 Å². The SMILES string of the molecule is Cn1/c(=N/NC(=O)COc2ccc3ccc(=O)oc3c2)sc2ccccc21. The summed E-state index contributed by atoms with van der Waals surface area (Å²) in [5, 5.41) is 4.94. The van der Waals surface area contributed by atoms with Crippen molar-refractivity contribution in [3.8, 4) is 5.75 Å². The molecule has 0 unspecified atom stereocenters. The molecule has 0 radical (unpaired) electrons. The molecular weight excluding hydrogens is 366 g/mol. The number of carbonyl (C=O) groups excluding carboxylic acids is 1. The standard InChI is InChI=1S/C19H15N3O4S/c1-22-14-4-2-3-5-16(14)27-19(22)21-20-17(23)11-25-13-8-6-12-7-9-18(24)26-15(12)10-13/h2-10H,11H2,1H3,(H,20,23)/b21-19-. The first kappa shape index (κ1) is 17.0. The number of hydrogen-bond donors (Lipinski definition) is 1. The van der Waals surface area contributed by atoms with E-state index in [-0.39, 0.29) is 12.5 Å². The van der Waals surface area contributed by atoms with Crippen LogP contribution in [0.5, 0.6) is 5.75 Å². The van der Waals surface area contributed by atoms with E-state index in [1.807, 2.05) is 35.9 Å². The number of nitrogens with one attached hydrogen (secondary N) is 1. The van der Waals surface area contributed by atoms with E-state index in [1.54, 1.807) is 24.3 Å². The number of fused-ring (bicyclic) bond motifs is 2. The molecular formula is C19H15N3O4S. The van der Waals surface area contributed by atoms with Crippen molar-refractivity contribution >= 4 is 38.4 Å². The number of hydrogen-bond acceptors (Lipinski definition) is 6. The van der Waals surface area contributed by atoms with Crippen molar-refractivity contribution in [2.45, 2.75) is 0 Å². The van der Waals surface area contributed by atoms with E-state index in [1.165, 1.54) is 17.4 Å². The summed E-state index contributed by atoms with van der Waals surface area (Å²) in [7, 11) is 1.89. The fourth-order valence-electron chi connectivity index (χ4n) is 2.61. The Kier molecular flexibility index (Phi) is 4.47. The zero-order valence-electron chi connectivity index (χ0n) is 14.3. The van der Waals surface area contributed by atoms with Crippen LogP contribution in [0.15, 0.2) is 68.9 Å². The van der Waals surface area contributed by atoms with E-state index in [0.29, 0.717) is 16.1 Å². The highest BCUT2D eigenvalue weighted by Gasteiger charge is 2.06. The van der Waals surface area contributed by atoms with Crippen LogP contribution in [0.25, 0.3) is 21.2 Å². The van der Waals surface area contributed by atoms with E-state index in [9.17, 15) is 9.59 Å². The summed E-state index contributed by atoms with van der Waals surface area (Å²) in [5.74, 6) is 0.0430. The third-order valence-corrected chi connectivity index (χ3v) is 5.07. The van der Waals surface area contributed by atoms with E-state index < -0.39 is 5.63 Å². The number of benzene rings is 2. The van der Waals surface area contributed by atoms with Crippen molar-refractivity contribution in [3.05, 3.63) is 69.8 Å². The maximum Gasteiger partial charge on any atom is 0.336 e. The lowest BCUT2D eigenvalue weighted by molar-refractivity contribution is -0.123. The molecule has 0 bridgehead atoms. The van der Waals surface area contributed by atoms with E-state index in [2.05, 4.69) is 10.5 Å². The number of ether oxygens (including phenoxy) is 1. The summed E-state index contributed by atoms with van der Waals surface area (Å²) in [6.07, 6.45) is 0. The molecule has 2 heterocycles. The van der Waals surface area contributed by atoms with Crippen LogP contribution >= 0.6 is 11.3 Å². The Hall–Kier alpha value is -3.39. The van der Waals surface area contributed by atoms with Crippen LogP contribution in [0, 0.1) is 0 Å². The molecule has 1 amide bonds. The second kappa shape index (κ2) is 7.08. The number of aromatic nitrogens is 1. The largest absolute Gasteiger partial charge is 0.484 e. The molecule has 4 aromatic rings. The zero-order chi connectivity index (χ0) is 18.8. The van der Waals surface area contributed by atoms with Gasteiger partial charge in [-0.3, -0.25) is 4.79 Å². The Bertz CT molecular complexity index is 1270. The summed E-state index contributed by atoms with van der Waals surface area (Å²) >= 11 is 1.48. The van der Waals surface area contributed by atoms with Gasteiger partial charge in [0.05, 0.1) is 10.2 Å². The van der Waals surface area contributed by atoms with Crippen LogP contribution in [0.2, 0.25) is 0 Å². The number of carbonyl (C=O) groups is 1. The van der Waals surface area contributed by atoms with Gasteiger partial charge in [0.15, 0.2) is 6.61 Å². The second-order valence-corrected chi connectivity index (χ2v) is 6.81. The highest BCUT2D eigenvalue weighted by Crippen LogP contribution is 2.19. The van der Waals surface area contributed by atoms with Crippen LogP contribution in [-0.4, -0.2) is 17.1 Å². The first-order valence-corrected chi connectivity index (χ1v) is 8.96. The monoisotopic (exact) mass is 381 g/mol. The fraction of sp³-hybridized carbons (Fsp3) is 0.105. The van der Waals surface area contributed by atoms with Crippen molar-refractivity contribution in [2.24, 2.45) is 12.1 Å². The number of amides is 1. The fourth-order valence-corrected chi connectivity index (χ4v) is 3.59. The first-order chi connectivity index (χ1) is 13.1. The number of rotatable bonds is 4. The van der Waals surface area contributed by atoms with E-state index >= 15 is 0 Å². The molecule has 0 saturated carbocycles. The number of para-hydroxylation sites is 1. The van der Waals surface area contributed by atoms with E-state index in [4.69, 9.17) is 9.15 Å². The van der Waals surface area contributed by atoms with Crippen molar-refractivity contribution in [2.75, 3.05) is 6.61 Å². The molecule has 0 saturated heterocycles. The normalized spacial score (nSPS) is 11.8. The predicted molar refractivity (Wildman–Crippen MR) is 102 cm³/mol. The van der Waals surface area contributed by atoms with Crippen LogP contribution < -0.4 is 20.6 Å². The average molecular weight is 381 g/mol. The van der Waals surface area contributed by atoms with Crippen molar-refractivity contribution in [3.63, 3.8) is 0 Å². The van der Waals surface area contributed by atoms with Gasteiger partial charge >= 0.3 is 5.63 Å². The topological polar surface area (TPSA) is 85.8 Å². The molecule has 0 fully saturated rings. The van der Waals surface area contributed by atoms with Gasteiger partial charge in [0.25, 0.3) is 5.91 Å². The van der Waals surface area contributed by atoms with Gasteiger partial charge in [0.2, 0.25) is 4.80 Å². The lowest BCUT2D eigenvalue weighted by Gasteiger charge is -2.05. The minimum Gasteiger partial charge on any atom is -0.484 e. The van der Waals surface area contributed by atoms with Gasteiger partial charge < -0.3 is 13.7 Å². The summed E-state index contributed by atoms with van der Waals surface area (Å²) in [6, 6.07) is 16.0. The highest BCUT2D eigenvalue weighted by atomic mass is 32.1. The molecule has 0 atom stereocenters. The Balaban J connectivity index is 1.45. The predicted octanol–water partition coefficient (Wildman–Crippen LogP) is 2.36. The van der Waals surface area contributed by atoms with Crippen LogP contribution in [0.4, 0.5) is 0 Å². The molecule has 8 heteroatoms. The molecule has 136 valence electrons. The number of aryl methyl sites for hydroxylation is 1. The molecule has 0 aliphatic heterocycles. The Morgan fingerprint density at radius 1 is 1.22 bits per heavy atom. The maximum atomic E-state index is 12.0. The lowest BCUT2D eigenvalue weighted by atomic mass is 10.2. The van der Waals surface area contributed by atoms with Crippen molar-refractivity contribution in [1.82, 2.24) is 9.99 Å². The van der Waals surface area contributed by atoms with Crippen molar-refractivity contribution < 1.29 is 13.9 Å². The first-order valence-electron chi connectivity index (χ1n) is 8.14. The van der Waals surface area contributed by atoms with E-state index in [0.717, 1.165) is 15.6 Å². The summed E-state index contributed by atoms with van der Waals surface area (Å²) in [5.41, 5.74) is 3.51. The minimum absolute atomic E-state index is 0.208. The van der Waals surface area contributed by atoms with Crippen LogP contribution in [0.1, 0.15) is 0 Å². The molecule has 2 aromatic carbocycles. The number of thiazole rings is 1. The molecule has 0 aliphatic carbocycles. The minimum atomic E-state index is -0.438. The summed E-state index contributed by atoms with van der Waals surface area (Å²) < 4.78 is 13.6. The molecule has 0 spiro atoms. The zero-order valence-corrected chi connectivity index (χ0v) is 15.2. The van der Waals surface area contributed by atoms with Gasteiger partial charge in [0.1, 0.15) is 11.3 Å². The Labute approximate surface area is 157 Å². The van der Waals surface area contributed by atoms with Crippen LogP contribution in [0.3, 0.4) is 0 Å². The maximum absolute atomic E-state index is 12.0. The summed E-state index contributed by atoms with van der Waals surface area (Å²) in [6.45, 7) is -0.208. The second-order valence-electron chi connectivity index (χ2n) is 5.80. The summed E-state index contributed by atoms with van der Waals surface area (Å²) in [4.78, 5) is 24.0.